The first-order chi connectivity index (χ1) is 12.5. The third-order valence-corrected chi connectivity index (χ3v) is 3.90. The van der Waals surface area contributed by atoms with E-state index in [1.165, 1.54) is 0 Å². The molecule has 0 heterocycles. The Bertz CT molecular complexity index is 739. The van der Waals surface area contributed by atoms with Crippen LogP contribution in [0, 0.1) is 0 Å². The number of hydrogen-bond acceptors (Lipinski definition) is 4. The molecule has 0 aliphatic carbocycles. The molecule has 0 saturated heterocycles. The molecular weight excluding hydrogens is 377 g/mol. The van der Waals surface area contributed by atoms with Crippen LogP contribution < -0.4 is 14.8 Å². The smallest absolute Gasteiger partial charge is 0.265 e. The van der Waals surface area contributed by atoms with Crippen LogP contribution in [0.15, 0.2) is 42.5 Å². The largest absolute Gasteiger partial charge is 0.491 e. The third-order valence-electron chi connectivity index (χ3n) is 3.37. The predicted molar refractivity (Wildman–Crippen MR) is 104 cm³/mol. The van der Waals surface area contributed by atoms with Gasteiger partial charge >= 0.3 is 0 Å². The number of benzene rings is 2. The summed E-state index contributed by atoms with van der Waals surface area (Å²) in [6, 6.07) is 12.0. The Kier molecular flexibility index (Phi) is 8.04. The van der Waals surface area contributed by atoms with Crippen LogP contribution in [-0.2, 0) is 9.53 Å². The molecule has 1 amide bonds. The van der Waals surface area contributed by atoms with Crippen molar-refractivity contribution < 1.29 is 19.0 Å². The second kappa shape index (κ2) is 10.3. The van der Waals surface area contributed by atoms with Crippen LogP contribution in [0.5, 0.6) is 11.5 Å². The highest BCUT2D eigenvalue weighted by Crippen LogP contribution is 2.28. The average Bonchev–Trinajstić information content (AvgIpc) is 2.61. The van der Waals surface area contributed by atoms with Gasteiger partial charge < -0.3 is 19.5 Å². The lowest BCUT2D eigenvalue weighted by Gasteiger charge is -2.16. The Balaban J connectivity index is 1.91. The molecule has 140 valence electrons. The van der Waals surface area contributed by atoms with Crippen molar-refractivity contribution >= 4 is 34.8 Å². The number of nitrogens with one attached hydrogen (secondary N) is 1. The Morgan fingerprint density at radius 3 is 2.69 bits per heavy atom. The molecule has 2 aromatic rings. The molecule has 5 nitrogen and oxygen atoms in total. The minimum Gasteiger partial charge on any atom is -0.491 e. The van der Waals surface area contributed by atoms with Gasteiger partial charge in [-0.1, -0.05) is 29.3 Å². The van der Waals surface area contributed by atoms with E-state index >= 15 is 0 Å². The normalized spacial score (nSPS) is 11.7. The lowest BCUT2D eigenvalue weighted by atomic mass is 10.2. The molecule has 0 saturated carbocycles. The maximum absolute atomic E-state index is 12.3. The van der Waals surface area contributed by atoms with E-state index in [4.69, 9.17) is 37.4 Å². The molecule has 2 aromatic carbocycles. The Labute approximate surface area is 163 Å². The molecular formula is C19H21Cl2NO4. The first-order valence-corrected chi connectivity index (χ1v) is 8.98. The number of amides is 1. The van der Waals surface area contributed by atoms with Crippen molar-refractivity contribution in [2.24, 2.45) is 0 Å². The van der Waals surface area contributed by atoms with Gasteiger partial charge in [0, 0.05) is 23.4 Å². The zero-order valence-corrected chi connectivity index (χ0v) is 16.1. The van der Waals surface area contributed by atoms with Crippen molar-refractivity contribution in [3.8, 4) is 11.5 Å². The molecule has 0 aliphatic heterocycles. The van der Waals surface area contributed by atoms with Gasteiger partial charge in [-0.15, -0.1) is 0 Å². The van der Waals surface area contributed by atoms with Gasteiger partial charge in [-0.3, -0.25) is 4.79 Å². The van der Waals surface area contributed by atoms with Crippen LogP contribution in [0.25, 0.3) is 0 Å². The molecule has 1 atom stereocenters. The van der Waals surface area contributed by atoms with Gasteiger partial charge in [0.2, 0.25) is 0 Å². The number of halogens is 2. The summed E-state index contributed by atoms with van der Waals surface area (Å²) in [5.74, 6) is 0.742. The zero-order chi connectivity index (χ0) is 18.9. The van der Waals surface area contributed by atoms with Crippen molar-refractivity contribution in [3.63, 3.8) is 0 Å². The first kappa shape index (κ1) is 20.4. The molecule has 1 unspecified atom stereocenters. The molecule has 0 aromatic heterocycles. The van der Waals surface area contributed by atoms with Crippen LogP contribution >= 0.6 is 23.2 Å². The molecule has 0 spiro atoms. The molecule has 7 heteroatoms. The standard InChI is InChI=1S/C19H21Cl2NO4/c1-3-24-9-10-25-16-6-4-5-15(12-16)22-19(23)13(2)26-18-8-7-14(20)11-17(18)21/h4-8,11-13H,3,9-10H2,1-2H3,(H,22,23). The van der Waals surface area contributed by atoms with Crippen molar-refractivity contribution in [2.45, 2.75) is 20.0 Å². The van der Waals surface area contributed by atoms with Crippen molar-refractivity contribution in [1.29, 1.82) is 0 Å². The Morgan fingerprint density at radius 2 is 1.96 bits per heavy atom. The fourth-order valence-corrected chi connectivity index (χ4v) is 2.54. The van der Waals surface area contributed by atoms with Crippen LogP contribution in [0.4, 0.5) is 5.69 Å². The molecule has 0 fully saturated rings. The van der Waals surface area contributed by atoms with E-state index in [1.807, 2.05) is 13.0 Å². The third kappa shape index (κ3) is 6.41. The maximum atomic E-state index is 12.3. The quantitative estimate of drug-likeness (QED) is 0.616. The minimum atomic E-state index is -0.740. The van der Waals surface area contributed by atoms with E-state index < -0.39 is 6.10 Å². The molecule has 1 N–H and O–H groups in total. The highest BCUT2D eigenvalue weighted by molar-refractivity contribution is 6.35. The number of hydrogen-bond donors (Lipinski definition) is 1. The van der Waals surface area contributed by atoms with E-state index in [0.29, 0.717) is 47.1 Å². The Hall–Kier alpha value is -1.95. The molecule has 0 bridgehead atoms. The first-order valence-electron chi connectivity index (χ1n) is 8.22. The highest BCUT2D eigenvalue weighted by atomic mass is 35.5. The van der Waals surface area contributed by atoms with Gasteiger partial charge in [0.05, 0.1) is 11.6 Å². The van der Waals surface area contributed by atoms with E-state index in [9.17, 15) is 4.79 Å². The van der Waals surface area contributed by atoms with Crippen LogP contribution in [0.2, 0.25) is 10.0 Å². The van der Waals surface area contributed by atoms with Crippen molar-refractivity contribution in [1.82, 2.24) is 0 Å². The summed E-state index contributed by atoms with van der Waals surface area (Å²) in [7, 11) is 0. The Morgan fingerprint density at radius 1 is 1.15 bits per heavy atom. The van der Waals surface area contributed by atoms with Gasteiger partial charge in [-0.05, 0) is 44.2 Å². The summed E-state index contributed by atoms with van der Waals surface area (Å²) in [5, 5.41) is 3.64. The fourth-order valence-electron chi connectivity index (χ4n) is 2.09. The van der Waals surface area contributed by atoms with Gasteiger partial charge in [-0.25, -0.2) is 0 Å². The summed E-state index contributed by atoms with van der Waals surface area (Å²) in [6.07, 6.45) is -0.740. The highest BCUT2D eigenvalue weighted by Gasteiger charge is 2.16. The maximum Gasteiger partial charge on any atom is 0.265 e. The lowest BCUT2D eigenvalue weighted by Crippen LogP contribution is -2.30. The van der Waals surface area contributed by atoms with Crippen molar-refractivity contribution in [2.75, 3.05) is 25.1 Å². The molecule has 0 aliphatic rings. The second-order valence-corrected chi connectivity index (χ2v) is 6.24. The summed E-state index contributed by atoms with van der Waals surface area (Å²) >= 11 is 11.9. The van der Waals surface area contributed by atoms with E-state index in [1.54, 1.807) is 43.3 Å². The SMILES string of the molecule is CCOCCOc1cccc(NC(=O)C(C)Oc2ccc(Cl)cc2Cl)c1. The van der Waals surface area contributed by atoms with Gasteiger partial charge in [-0.2, -0.15) is 0 Å². The van der Waals surface area contributed by atoms with Gasteiger partial charge in [0.1, 0.15) is 18.1 Å². The summed E-state index contributed by atoms with van der Waals surface area (Å²) in [6.45, 7) is 5.17. The lowest BCUT2D eigenvalue weighted by molar-refractivity contribution is -0.122. The number of anilines is 1. The predicted octanol–water partition coefficient (Wildman–Crippen LogP) is 4.81. The summed E-state index contributed by atoms with van der Waals surface area (Å²) in [4.78, 5) is 12.3. The van der Waals surface area contributed by atoms with E-state index in [2.05, 4.69) is 5.32 Å². The molecule has 0 radical (unpaired) electrons. The number of rotatable bonds is 9. The van der Waals surface area contributed by atoms with Crippen LogP contribution in [0.3, 0.4) is 0 Å². The number of ether oxygens (including phenoxy) is 3. The average molecular weight is 398 g/mol. The molecule has 26 heavy (non-hydrogen) atoms. The van der Waals surface area contributed by atoms with Crippen molar-refractivity contribution in [3.05, 3.63) is 52.5 Å². The van der Waals surface area contributed by atoms with E-state index in [-0.39, 0.29) is 5.91 Å². The summed E-state index contributed by atoms with van der Waals surface area (Å²) < 4.78 is 16.4. The second-order valence-electron chi connectivity index (χ2n) is 5.40. The van der Waals surface area contributed by atoms with Gasteiger partial charge in [0.25, 0.3) is 5.91 Å². The monoisotopic (exact) mass is 397 g/mol. The van der Waals surface area contributed by atoms with Crippen LogP contribution in [0.1, 0.15) is 13.8 Å². The van der Waals surface area contributed by atoms with Crippen LogP contribution in [-0.4, -0.2) is 31.8 Å². The number of carbonyl (C=O) groups excluding carboxylic acids is 1. The zero-order valence-electron chi connectivity index (χ0n) is 14.6. The van der Waals surface area contributed by atoms with E-state index in [0.717, 1.165) is 0 Å². The topological polar surface area (TPSA) is 56.8 Å². The number of carbonyl (C=O) groups is 1. The van der Waals surface area contributed by atoms with Gasteiger partial charge in [0.15, 0.2) is 6.10 Å². The summed E-state index contributed by atoms with van der Waals surface area (Å²) in [5.41, 5.74) is 0.613. The fraction of sp³-hybridized carbons (Fsp3) is 0.316. The molecule has 2 rings (SSSR count). The minimum absolute atomic E-state index is 0.303.